The zero-order chi connectivity index (χ0) is 22.6. The van der Waals surface area contributed by atoms with Crippen LogP contribution in [0.3, 0.4) is 0 Å². The van der Waals surface area contributed by atoms with Crippen molar-refractivity contribution in [3.05, 3.63) is 94.1 Å². The molecular weight excluding hydrogens is 428 g/mol. The summed E-state index contributed by atoms with van der Waals surface area (Å²) in [5, 5.41) is 0. The molecule has 0 aliphatic heterocycles. The van der Waals surface area contributed by atoms with Crippen LogP contribution < -0.4 is 0 Å². The highest BCUT2D eigenvalue weighted by Gasteiger charge is 2.13. The minimum absolute atomic E-state index is 0.225. The number of hydrogen-bond acceptors (Lipinski definition) is 0. The van der Waals surface area contributed by atoms with Crippen LogP contribution in [-0.4, -0.2) is 0 Å². The molecule has 1 atom stereocenters. The summed E-state index contributed by atoms with van der Waals surface area (Å²) in [5.74, 6) is 1.33. The second kappa shape index (κ2) is 13.7. The van der Waals surface area contributed by atoms with Crippen LogP contribution in [0.2, 0.25) is 0 Å². The molecule has 1 unspecified atom stereocenters. The second-order valence-corrected chi connectivity index (χ2v) is 10.5. The minimum atomic E-state index is 0.225. The topological polar surface area (TPSA) is 0 Å². The monoisotopic (exact) mass is 468 g/mol. The zero-order valence-corrected chi connectivity index (χ0v) is 21.7. The van der Waals surface area contributed by atoms with Crippen molar-refractivity contribution < 1.29 is 0 Å². The maximum atomic E-state index is 3.52. The molecule has 0 bridgehead atoms. The van der Waals surface area contributed by atoms with Crippen LogP contribution in [-0.2, 0) is 6.42 Å². The number of allylic oxidation sites excluding steroid dienone is 10. The van der Waals surface area contributed by atoms with Gasteiger partial charge in [-0.1, -0.05) is 130 Å². The van der Waals surface area contributed by atoms with Gasteiger partial charge < -0.3 is 0 Å². The maximum absolute atomic E-state index is 3.52. The smallest absolute Gasteiger partial charge is 0.0172 e. The van der Waals surface area contributed by atoms with E-state index in [2.05, 4.69) is 137 Å². The predicted octanol–water partition coefficient (Wildman–Crippen LogP) is 9.61. The SMILES string of the molecule is C/C=C(\C=C/C(C)CC1=CC=C(Br)C=CC1)C(C)(C)C.CC(C)Cc1ccccc1. The van der Waals surface area contributed by atoms with E-state index in [1.54, 1.807) is 0 Å². The lowest BCUT2D eigenvalue weighted by atomic mass is 9.85. The molecule has 1 aromatic rings. The highest BCUT2D eigenvalue weighted by molar-refractivity contribution is 9.11. The number of hydrogen-bond donors (Lipinski definition) is 0. The normalized spacial score (nSPS) is 16.0. The largest absolute Gasteiger partial charge is 0.0839 e. The average molecular weight is 470 g/mol. The Morgan fingerprint density at radius 3 is 2.27 bits per heavy atom. The van der Waals surface area contributed by atoms with Gasteiger partial charge in [-0.25, -0.2) is 0 Å². The molecule has 0 amide bonds. The standard InChI is InChI=1S/C19H27Br.C10H14/c1-6-17(19(3,4)5)12-10-15(2)14-16-8-7-9-18(20)13-11-16;1-9(2)8-10-6-4-3-5-7-10/h6-7,9-13,15H,8,14H2,1-5H3;3-7,9H,8H2,1-2H3/b12-10-,17-6+;. The van der Waals surface area contributed by atoms with Crippen molar-refractivity contribution in [2.75, 3.05) is 0 Å². The lowest BCUT2D eigenvalue weighted by Gasteiger charge is -2.20. The lowest BCUT2D eigenvalue weighted by molar-refractivity contribution is 0.515. The summed E-state index contributed by atoms with van der Waals surface area (Å²) in [7, 11) is 0. The van der Waals surface area contributed by atoms with Crippen molar-refractivity contribution in [3.63, 3.8) is 0 Å². The molecule has 0 saturated carbocycles. The molecule has 1 heteroatoms. The van der Waals surface area contributed by atoms with E-state index in [4.69, 9.17) is 0 Å². The van der Waals surface area contributed by atoms with Crippen LogP contribution in [0.4, 0.5) is 0 Å². The molecule has 0 nitrogen and oxygen atoms in total. The third-order valence-electron chi connectivity index (χ3n) is 4.99. The van der Waals surface area contributed by atoms with Crippen molar-refractivity contribution in [1.82, 2.24) is 0 Å². The Bertz CT molecular complexity index is 764. The average Bonchev–Trinajstić information content (AvgIpc) is 2.86. The second-order valence-electron chi connectivity index (χ2n) is 9.60. The van der Waals surface area contributed by atoms with Crippen molar-refractivity contribution in [1.29, 1.82) is 0 Å². The van der Waals surface area contributed by atoms with Crippen molar-refractivity contribution >= 4 is 15.9 Å². The summed E-state index contributed by atoms with van der Waals surface area (Å²) < 4.78 is 1.15. The van der Waals surface area contributed by atoms with E-state index in [1.807, 2.05) is 0 Å². The first-order valence-corrected chi connectivity index (χ1v) is 12.0. The molecule has 0 saturated heterocycles. The summed E-state index contributed by atoms with van der Waals surface area (Å²) in [6.45, 7) is 15.7. The van der Waals surface area contributed by atoms with E-state index in [-0.39, 0.29) is 5.41 Å². The first-order valence-electron chi connectivity index (χ1n) is 11.2. The van der Waals surface area contributed by atoms with E-state index in [0.717, 1.165) is 23.2 Å². The fraction of sp³-hybridized carbons (Fsp3) is 0.448. The van der Waals surface area contributed by atoms with E-state index in [9.17, 15) is 0 Å². The molecule has 2 rings (SSSR count). The number of benzene rings is 1. The molecule has 1 aliphatic rings. The molecule has 0 heterocycles. The van der Waals surface area contributed by atoms with Gasteiger partial charge >= 0.3 is 0 Å². The van der Waals surface area contributed by atoms with E-state index >= 15 is 0 Å². The number of rotatable bonds is 6. The van der Waals surface area contributed by atoms with Gasteiger partial charge in [0, 0.05) is 4.48 Å². The third-order valence-corrected chi connectivity index (χ3v) is 5.52. The minimum Gasteiger partial charge on any atom is -0.0839 e. The van der Waals surface area contributed by atoms with Gasteiger partial charge in [-0.05, 0) is 60.6 Å². The van der Waals surface area contributed by atoms with Crippen LogP contribution in [0.25, 0.3) is 0 Å². The first kappa shape index (κ1) is 26.4. The van der Waals surface area contributed by atoms with Crippen LogP contribution in [0.1, 0.15) is 66.9 Å². The molecule has 30 heavy (non-hydrogen) atoms. The molecule has 0 aromatic heterocycles. The molecule has 1 aliphatic carbocycles. The lowest BCUT2D eigenvalue weighted by Crippen LogP contribution is -2.07. The molecule has 164 valence electrons. The van der Waals surface area contributed by atoms with Gasteiger partial charge in [0.15, 0.2) is 0 Å². The highest BCUT2D eigenvalue weighted by Crippen LogP contribution is 2.27. The Hall–Kier alpha value is -1.60. The Kier molecular flexibility index (Phi) is 12.0. The summed E-state index contributed by atoms with van der Waals surface area (Å²) in [4.78, 5) is 0. The summed E-state index contributed by atoms with van der Waals surface area (Å²) in [6, 6.07) is 10.6. The maximum Gasteiger partial charge on any atom is 0.0172 e. The third kappa shape index (κ3) is 11.6. The zero-order valence-electron chi connectivity index (χ0n) is 20.1. The molecular formula is C29H41Br. The van der Waals surface area contributed by atoms with Gasteiger partial charge in [0.25, 0.3) is 0 Å². The van der Waals surface area contributed by atoms with Crippen molar-refractivity contribution in [3.8, 4) is 0 Å². The van der Waals surface area contributed by atoms with Gasteiger partial charge in [-0.3, -0.25) is 0 Å². The van der Waals surface area contributed by atoms with Crippen LogP contribution in [0.15, 0.2) is 88.5 Å². The van der Waals surface area contributed by atoms with E-state index in [0.29, 0.717) is 5.92 Å². The fourth-order valence-electron chi connectivity index (χ4n) is 3.41. The van der Waals surface area contributed by atoms with Crippen LogP contribution >= 0.6 is 15.9 Å². The Balaban J connectivity index is 0.000000375. The Labute approximate surface area is 194 Å². The first-order chi connectivity index (χ1) is 14.1. The van der Waals surface area contributed by atoms with Gasteiger partial charge in [-0.15, -0.1) is 0 Å². The van der Waals surface area contributed by atoms with Crippen LogP contribution in [0.5, 0.6) is 0 Å². The van der Waals surface area contributed by atoms with Gasteiger partial charge in [0.1, 0.15) is 0 Å². The molecule has 0 radical (unpaired) electrons. The fourth-order valence-corrected chi connectivity index (χ4v) is 3.73. The van der Waals surface area contributed by atoms with Gasteiger partial charge in [-0.2, -0.15) is 0 Å². The quantitative estimate of drug-likeness (QED) is 0.364. The summed E-state index contributed by atoms with van der Waals surface area (Å²) in [5.41, 5.74) is 4.56. The summed E-state index contributed by atoms with van der Waals surface area (Å²) in [6.07, 6.45) is 19.0. The highest BCUT2D eigenvalue weighted by atomic mass is 79.9. The van der Waals surface area contributed by atoms with E-state index in [1.165, 1.54) is 23.1 Å². The molecule has 0 spiro atoms. The Morgan fingerprint density at radius 2 is 1.70 bits per heavy atom. The number of halogens is 1. The van der Waals surface area contributed by atoms with Crippen LogP contribution in [0, 0.1) is 17.3 Å². The van der Waals surface area contributed by atoms with Crippen molar-refractivity contribution in [2.24, 2.45) is 17.3 Å². The molecule has 0 fully saturated rings. The van der Waals surface area contributed by atoms with Gasteiger partial charge in [0.2, 0.25) is 0 Å². The van der Waals surface area contributed by atoms with E-state index < -0.39 is 0 Å². The van der Waals surface area contributed by atoms with Gasteiger partial charge in [0.05, 0.1) is 0 Å². The predicted molar refractivity (Wildman–Crippen MR) is 140 cm³/mol. The van der Waals surface area contributed by atoms with Crippen molar-refractivity contribution in [2.45, 2.75) is 67.7 Å². The Morgan fingerprint density at radius 1 is 1.03 bits per heavy atom. The molecule has 0 N–H and O–H groups in total. The molecule has 1 aromatic carbocycles. The summed E-state index contributed by atoms with van der Waals surface area (Å²) >= 11 is 3.52.